The van der Waals surface area contributed by atoms with Crippen LogP contribution < -0.4 is 14.8 Å². The number of nitrogens with zero attached hydrogens (tertiary/aromatic N) is 2. The molecule has 2 aromatic heterocycles. The van der Waals surface area contributed by atoms with Gasteiger partial charge in [-0.1, -0.05) is 12.1 Å². The number of benzene rings is 2. The minimum atomic E-state index is -0.345. The summed E-state index contributed by atoms with van der Waals surface area (Å²) in [7, 11) is 1.54. The van der Waals surface area contributed by atoms with Gasteiger partial charge in [0.25, 0.3) is 5.91 Å². The van der Waals surface area contributed by atoms with Crippen LogP contribution in [0, 0.1) is 5.82 Å². The number of hydrogen-bond donors (Lipinski definition) is 1. The molecule has 8 heteroatoms. The van der Waals surface area contributed by atoms with Gasteiger partial charge in [-0.25, -0.2) is 9.37 Å². The number of thiazole rings is 1. The Bertz CT molecular complexity index is 1120. The van der Waals surface area contributed by atoms with E-state index in [2.05, 4.69) is 10.3 Å². The van der Waals surface area contributed by atoms with Crippen molar-refractivity contribution in [2.45, 2.75) is 0 Å². The number of nitrogens with one attached hydrogen (secondary N) is 1. The van der Waals surface area contributed by atoms with Gasteiger partial charge in [0.15, 0.2) is 23.1 Å². The molecule has 0 spiro atoms. The second kappa shape index (κ2) is 7.69. The number of para-hydroxylation sites is 2. The van der Waals surface area contributed by atoms with Crippen molar-refractivity contribution in [3.63, 3.8) is 0 Å². The van der Waals surface area contributed by atoms with Gasteiger partial charge in [-0.15, -0.1) is 11.3 Å². The van der Waals surface area contributed by atoms with Gasteiger partial charge in [0.2, 0.25) is 0 Å². The fourth-order valence-corrected chi connectivity index (χ4v) is 3.48. The van der Waals surface area contributed by atoms with Gasteiger partial charge >= 0.3 is 0 Å². The zero-order chi connectivity index (χ0) is 19.5. The number of carbonyl (C=O) groups excluding carboxylic acids is 1. The standard InChI is InChI=1S/C20H16FN3O3S/c1-26-15-4-2-3-5-16(15)27-12-17(25)22-19-18(13-6-8-14(21)9-7-13)23-20-24(19)10-11-28-20/h2-11H,12H2,1H3,(H,22,25). The molecular formula is C20H16FN3O3S. The molecule has 0 unspecified atom stereocenters. The van der Waals surface area contributed by atoms with Crippen LogP contribution in [0.15, 0.2) is 60.1 Å². The molecule has 0 atom stereocenters. The van der Waals surface area contributed by atoms with E-state index in [9.17, 15) is 9.18 Å². The lowest BCUT2D eigenvalue weighted by Gasteiger charge is -2.11. The molecule has 6 nitrogen and oxygen atoms in total. The number of methoxy groups -OCH3 is 1. The Kier molecular flexibility index (Phi) is 4.94. The van der Waals surface area contributed by atoms with Crippen LogP contribution in [0.2, 0.25) is 0 Å². The summed E-state index contributed by atoms with van der Waals surface area (Å²) in [5, 5.41) is 4.72. The van der Waals surface area contributed by atoms with E-state index in [1.54, 1.807) is 34.7 Å². The molecule has 0 fully saturated rings. The Morgan fingerprint density at radius 2 is 1.93 bits per heavy atom. The van der Waals surface area contributed by atoms with Crippen LogP contribution in [-0.4, -0.2) is 29.0 Å². The number of fused-ring (bicyclic) bond motifs is 1. The number of halogens is 1. The zero-order valence-corrected chi connectivity index (χ0v) is 15.7. The molecule has 4 aromatic rings. The van der Waals surface area contributed by atoms with Gasteiger partial charge in [0.05, 0.1) is 7.11 Å². The normalized spacial score (nSPS) is 10.8. The fourth-order valence-electron chi connectivity index (χ4n) is 2.76. The van der Waals surface area contributed by atoms with Gasteiger partial charge in [0, 0.05) is 17.1 Å². The molecule has 0 aliphatic heterocycles. The minimum absolute atomic E-state index is 0.194. The van der Waals surface area contributed by atoms with Crippen molar-refractivity contribution in [2.75, 3.05) is 19.0 Å². The van der Waals surface area contributed by atoms with Crippen LogP contribution in [-0.2, 0) is 4.79 Å². The molecule has 0 saturated carbocycles. The van der Waals surface area contributed by atoms with Gasteiger partial charge in [-0.3, -0.25) is 9.20 Å². The Hall–Kier alpha value is -3.39. The van der Waals surface area contributed by atoms with Gasteiger partial charge in [0.1, 0.15) is 17.3 Å². The van der Waals surface area contributed by atoms with E-state index in [0.717, 1.165) is 4.96 Å². The summed E-state index contributed by atoms with van der Waals surface area (Å²) >= 11 is 1.44. The molecule has 2 aromatic carbocycles. The lowest BCUT2D eigenvalue weighted by Crippen LogP contribution is -2.21. The first-order chi connectivity index (χ1) is 13.7. The molecule has 142 valence electrons. The maximum absolute atomic E-state index is 13.3. The lowest BCUT2D eigenvalue weighted by atomic mass is 10.1. The number of rotatable bonds is 6. The Labute approximate surface area is 164 Å². The van der Waals surface area contributed by atoms with Crippen LogP contribution >= 0.6 is 11.3 Å². The third-order valence-electron chi connectivity index (χ3n) is 4.07. The molecule has 1 amide bonds. The summed E-state index contributed by atoms with van der Waals surface area (Å²) in [6, 6.07) is 13.1. The molecule has 0 aliphatic rings. The molecule has 0 aliphatic carbocycles. The molecule has 4 rings (SSSR count). The van der Waals surface area contributed by atoms with E-state index in [-0.39, 0.29) is 18.3 Å². The van der Waals surface area contributed by atoms with Crippen molar-refractivity contribution in [1.29, 1.82) is 0 Å². The van der Waals surface area contributed by atoms with Crippen molar-refractivity contribution >= 4 is 28.0 Å². The number of amides is 1. The quantitative estimate of drug-likeness (QED) is 0.529. The average molecular weight is 397 g/mol. The van der Waals surface area contributed by atoms with E-state index in [1.807, 2.05) is 17.6 Å². The van der Waals surface area contributed by atoms with Crippen LogP contribution in [0.1, 0.15) is 0 Å². The number of hydrogen-bond acceptors (Lipinski definition) is 5. The summed E-state index contributed by atoms with van der Waals surface area (Å²) in [6.07, 6.45) is 1.82. The predicted molar refractivity (Wildman–Crippen MR) is 106 cm³/mol. The Morgan fingerprint density at radius 1 is 1.18 bits per heavy atom. The second-order valence-corrected chi connectivity index (χ2v) is 6.73. The smallest absolute Gasteiger partial charge is 0.263 e. The molecule has 2 heterocycles. The average Bonchev–Trinajstić information content (AvgIpc) is 3.30. The van der Waals surface area contributed by atoms with Crippen LogP contribution in [0.3, 0.4) is 0 Å². The van der Waals surface area contributed by atoms with E-state index >= 15 is 0 Å². The summed E-state index contributed by atoms with van der Waals surface area (Å²) in [4.78, 5) is 17.8. The van der Waals surface area contributed by atoms with Crippen molar-refractivity contribution in [2.24, 2.45) is 0 Å². The number of carbonyl (C=O) groups is 1. The molecule has 0 bridgehead atoms. The van der Waals surface area contributed by atoms with Crippen LogP contribution in [0.4, 0.5) is 10.2 Å². The maximum Gasteiger partial charge on any atom is 0.263 e. The Balaban J connectivity index is 1.57. The first-order valence-electron chi connectivity index (χ1n) is 8.43. The number of imidazole rings is 1. The highest BCUT2D eigenvalue weighted by Crippen LogP contribution is 2.31. The fraction of sp³-hybridized carbons (Fsp3) is 0.100. The van der Waals surface area contributed by atoms with Crippen molar-refractivity contribution in [3.8, 4) is 22.8 Å². The monoisotopic (exact) mass is 397 g/mol. The number of anilines is 1. The maximum atomic E-state index is 13.3. The van der Waals surface area contributed by atoms with E-state index < -0.39 is 0 Å². The van der Waals surface area contributed by atoms with Crippen LogP contribution in [0.25, 0.3) is 16.2 Å². The third kappa shape index (κ3) is 3.54. The van der Waals surface area contributed by atoms with E-state index in [4.69, 9.17) is 9.47 Å². The summed E-state index contributed by atoms with van der Waals surface area (Å²) in [5.41, 5.74) is 1.27. The first-order valence-corrected chi connectivity index (χ1v) is 9.31. The topological polar surface area (TPSA) is 64.9 Å². The minimum Gasteiger partial charge on any atom is -0.493 e. The lowest BCUT2D eigenvalue weighted by molar-refractivity contribution is -0.118. The zero-order valence-electron chi connectivity index (χ0n) is 14.9. The highest BCUT2D eigenvalue weighted by molar-refractivity contribution is 7.15. The van der Waals surface area contributed by atoms with Gasteiger partial charge in [-0.05, 0) is 36.4 Å². The van der Waals surface area contributed by atoms with Crippen molar-refractivity contribution < 1.29 is 18.7 Å². The molecule has 28 heavy (non-hydrogen) atoms. The van der Waals surface area contributed by atoms with E-state index in [1.165, 1.54) is 30.6 Å². The summed E-state index contributed by atoms with van der Waals surface area (Å²) < 4.78 is 25.8. The summed E-state index contributed by atoms with van der Waals surface area (Å²) in [6.45, 7) is -0.194. The summed E-state index contributed by atoms with van der Waals surface area (Å²) in [5.74, 6) is 0.860. The second-order valence-electron chi connectivity index (χ2n) is 5.86. The number of ether oxygens (including phenoxy) is 2. The third-order valence-corrected chi connectivity index (χ3v) is 4.82. The highest BCUT2D eigenvalue weighted by Gasteiger charge is 2.18. The largest absolute Gasteiger partial charge is 0.493 e. The van der Waals surface area contributed by atoms with Crippen molar-refractivity contribution in [1.82, 2.24) is 9.38 Å². The van der Waals surface area contributed by atoms with Crippen molar-refractivity contribution in [3.05, 3.63) is 65.9 Å². The molecule has 0 radical (unpaired) electrons. The van der Waals surface area contributed by atoms with Crippen LogP contribution in [0.5, 0.6) is 11.5 Å². The highest BCUT2D eigenvalue weighted by atomic mass is 32.1. The molecule has 1 N–H and O–H groups in total. The first kappa shape index (κ1) is 18.0. The van der Waals surface area contributed by atoms with Gasteiger partial charge in [-0.2, -0.15) is 0 Å². The molecular weight excluding hydrogens is 381 g/mol. The molecule has 0 saturated heterocycles. The SMILES string of the molecule is COc1ccccc1OCC(=O)Nc1c(-c2ccc(F)cc2)nc2sccn12. The number of aromatic nitrogens is 2. The van der Waals surface area contributed by atoms with E-state index in [0.29, 0.717) is 28.6 Å². The van der Waals surface area contributed by atoms with Gasteiger partial charge < -0.3 is 14.8 Å². The Morgan fingerprint density at radius 3 is 2.68 bits per heavy atom. The predicted octanol–water partition coefficient (Wildman–Crippen LogP) is 4.23.